The van der Waals surface area contributed by atoms with E-state index >= 15 is 0 Å². The van der Waals surface area contributed by atoms with Crippen molar-refractivity contribution in [3.05, 3.63) is 22.9 Å². The lowest BCUT2D eigenvalue weighted by atomic mass is 9.78. The Hall–Kier alpha value is -1.20. The highest BCUT2D eigenvalue weighted by Crippen LogP contribution is 2.44. The molecule has 5 atom stereocenters. The average molecular weight is 256 g/mol. The van der Waals surface area contributed by atoms with Crippen LogP contribution in [0, 0.1) is 17.8 Å². The maximum Gasteiger partial charge on any atom is 0.159 e. The van der Waals surface area contributed by atoms with E-state index in [0.29, 0.717) is 6.42 Å². The number of hydrogen-bond acceptors (Lipinski definition) is 5. The third-order valence-corrected chi connectivity index (χ3v) is 4.36. The smallest absolute Gasteiger partial charge is 0.159 e. The van der Waals surface area contributed by atoms with Crippen molar-refractivity contribution in [2.24, 2.45) is 17.8 Å². The molecule has 5 unspecified atom stereocenters. The second-order valence-electron chi connectivity index (χ2n) is 5.42. The lowest BCUT2D eigenvalue weighted by molar-refractivity contribution is 0.000809. The lowest BCUT2D eigenvalue weighted by Crippen LogP contribution is -2.39. The first-order chi connectivity index (χ1) is 8.36. The molecule has 0 bridgehead atoms. The second kappa shape index (κ2) is 4.48. The van der Waals surface area contributed by atoms with Gasteiger partial charge in [-0.3, -0.25) is 0 Å². The van der Waals surface area contributed by atoms with Gasteiger partial charge in [0.1, 0.15) is 17.6 Å². The van der Waals surface area contributed by atoms with Crippen molar-refractivity contribution in [2.75, 3.05) is 0 Å². The molecule has 0 amide bonds. The van der Waals surface area contributed by atoms with Crippen LogP contribution in [-0.4, -0.2) is 37.7 Å². The molecule has 5 N–H and O–H groups in total. The largest absolute Gasteiger partial charge is 0.509 e. The predicted molar refractivity (Wildman–Crippen MR) is 65.0 cm³/mol. The number of rotatable bonds is 1. The fourth-order valence-electron chi connectivity index (χ4n) is 3.06. The molecule has 2 rings (SSSR count). The molecular weight excluding hydrogens is 236 g/mol. The Kier molecular flexibility index (Phi) is 3.29. The standard InChI is InChI=1S/C13H20O5/c1-5-3-4-7(9(5)14)8-12(17)10(15)6(2)11(16)13(8)18/h5,7-9,12,14-18H,3-4H2,1-2H3. The molecular formula is C13H20O5. The normalized spacial score (nSPS) is 41.7. The van der Waals surface area contributed by atoms with Gasteiger partial charge in [-0.15, -0.1) is 0 Å². The molecule has 1 fully saturated rings. The van der Waals surface area contributed by atoms with Gasteiger partial charge in [-0.05, 0) is 31.6 Å². The van der Waals surface area contributed by atoms with Gasteiger partial charge in [-0.2, -0.15) is 0 Å². The summed E-state index contributed by atoms with van der Waals surface area (Å²) in [6.07, 6.45) is -0.475. The van der Waals surface area contributed by atoms with E-state index in [2.05, 4.69) is 0 Å². The molecule has 18 heavy (non-hydrogen) atoms. The van der Waals surface area contributed by atoms with Gasteiger partial charge in [0, 0.05) is 5.57 Å². The Morgan fingerprint density at radius 1 is 1.00 bits per heavy atom. The highest BCUT2D eigenvalue weighted by atomic mass is 16.3. The van der Waals surface area contributed by atoms with Crippen LogP contribution in [0.5, 0.6) is 0 Å². The molecule has 0 aliphatic heterocycles. The third-order valence-electron chi connectivity index (χ3n) is 4.36. The van der Waals surface area contributed by atoms with Gasteiger partial charge in [0.2, 0.25) is 0 Å². The monoisotopic (exact) mass is 256 g/mol. The van der Waals surface area contributed by atoms with Crippen molar-refractivity contribution in [3.8, 4) is 0 Å². The van der Waals surface area contributed by atoms with Crippen molar-refractivity contribution in [1.29, 1.82) is 0 Å². The molecule has 2 aliphatic rings. The van der Waals surface area contributed by atoms with Crippen LogP contribution in [0.25, 0.3) is 0 Å². The maximum atomic E-state index is 10.1. The molecule has 2 aliphatic carbocycles. The van der Waals surface area contributed by atoms with Gasteiger partial charge < -0.3 is 25.5 Å². The molecule has 0 radical (unpaired) electrons. The van der Waals surface area contributed by atoms with Crippen LogP contribution in [-0.2, 0) is 0 Å². The Labute approximate surface area is 106 Å². The first kappa shape index (κ1) is 13.2. The summed E-state index contributed by atoms with van der Waals surface area (Å²) in [5, 5.41) is 49.6. The van der Waals surface area contributed by atoms with Crippen molar-refractivity contribution >= 4 is 0 Å². The van der Waals surface area contributed by atoms with Crippen LogP contribution in [0.4, 0.5) is 0 Å². The van der Waals surface area contributed by atoms with Crippen LogP contribution >= 0.6 is 0 Å². The SMILES string of the molecule is CC1=C(O)C(O)C(C2CCC(C)C2O)C(O)=C1O. The molecule has 1 saturated carbocycles. The minimum atomic E-state index is -1.27. The Bertz CT molecular complexity index is 412. The summed E-state index contributed by atoms with van der Waals surface area (Å²) < 4.78 is 0. The molecule has 0 spiro atoms. The summed E-state index contributed by atoms with van der Waals surface area (Å²) in [6, 6.07) is 0. The van der Waals surface area contributed by atoms with Crippen LogP contribution < -0.4 is 0 Å². The topological polar surface area (TPSA) is 101 Å². The number of aliphatic hydroxyl groups is 5. The minimum absolute atomic E-state index is 0.0804. The summed E-state index contributed by atoms with van der Waals surface area (Å²) in [4.78, 5) is 0. The predicted octanol–water partition coefficient (Wildman–Crippen LogP) is 1.54. The van der Waals surface area contributed by atoms with Crippen molar-refractivity contribution < 1.29 is 25.5 Å². The van der Waals surface area contributed by atoms with Crippen LogP contribution in [0.1, 0.15) is 26.7 Å². The van der Waals surface area contributed by atoms with E-state index in [-0.39, 0.29) is 28.9 Å². The van der Waals surface area contributed by atoms with Crippen LogP contribution in [0.3, 0.4) is 0 Å². The van der Waals surface area contributed by atoms with Gasteiger partial charge in [-0.1, -0.05) is 6.92 Å². The van der Waals surface area contributed by atoms with E-state index in [4.69, 9.17) is 0 Å². The highest BCUT2D eigenvalue weighted by Gasteiger charge is 2.46. The fourth-order valence-corrected chi connectivity index (χ4v) is 3.06. The zero-order valence-electron chi connectivity index (χ0n) is 10.5. The molecule has 102 valence electrons. The zero-order valence-corrected chi connectivity index (χ0v) is 10.5. The van der Waals surface area contributed by atoms with E-state index in [1.54, 1.807) is 0 Å². The van der Waals surface area contributed by atoms with Gasteiger partial charge in [0.05, 0.1) is 12.0 Å². The second-order valence-corrected chi connectivity index (χ2v) is 5.42. The van der Waals surface area contributed by atoms with Crippen molar-refractivity contribution in [1.82, 2.24) is 0 Å². The van der Waals surface area contributed by atoms with Gasteiger partial charge in [0.15, 0.2) is 5.76 Å². The van der Waals surface area contributed by atoms with Gasteiger partial charge >= 0.3 is 0 Å². The van der Waals surface area contributed by atoms with E-state index in [1.165, 1.54) is 6.92 Å². The molecule has 0 aromatic rings. The Morgan fingerprint density at radius 3 is 2.11 bits per heavy atom. The van der Waals surface area contributed by atoms with E-state index in [9.17, 15) is 25.5 Å². The van der Waals surface area contributed by atoms with Crippen LogP contribution in [0.2, 0.25) is 0 Å². The molecule has 0 heterocycles. The first-order valence-electron chi connectivity index (χ1n) is 6.24. The molecule has 5 nitrogen and oxygen atoms in total. The van der Waals surface area contributed by atoms with E-state index in [1.807, 2.05) is 6.92 Å². The summed E-state index contributed by atoms with van der Waals surface area (Å²) >= 11 is 0. The number of hydrogen-bond donors (Lipinski definition) is 5. The maximum absolute atomic E-state index is 10.1. The minimum Gasteiger partial charge on any atom is -0.509 e. The molecule has 5 heteroatoms. The first-order valence-corrected chi connectivity index (χ1v) is 6.24. The van der Waals surface area contributed by atoms with E-state index < -0.39 is 23.9 Å². The summed E-state index contributed by atoms with van der Waals surface area (Å²) in [6.45, 7) is 3.33. The molecule has 0 aromatic heterocycles. The third kappa shape index (κ3) is 1.78. The van der Waals surface area contributed by atoms with Crippen molar-refractivity contribution in [3.63, 3.8) is 0 Å². The van der Waals surface area contributed by atoms with E-state index in [0.717, 1.165) is 6.42 Å². The summed E-state index contributed by atoms with van der Waals surface area (Å²) in [7, 11) is 0. The average Bonchev–Trinajstić information content (AvgIpc) is 2.66. The number of aliphatic hydroxyl groups excluding tert-OH is 5. The quantitative estimate of drug-likeness (QED) is 0.490. The lowest BCUT2D eigenvalue weighted by Gasteiger charge is -2.33. The molecule has 0 aromatic carbocycles. The Balaban J connectivity index is 2.35. The van der Waals surface area contributed by atoms with Crippen LogP contribution in [0.15, 0.2) is 22.9 Å². The van der Waals surface area contributed by atoms with Crippen molar-refractivity contribution in [2.45, 2.75) is 38.9 Å². The summed E-state index contributed by atoms with van der Waals surface area (Å²) in [5.41, 5.74) is 0.0804. The fraction of sp³-hybridized carbons (Fsp3) is 0.692. The summed E-state index contributed by atoms with van der Waals surface area (Å²) in [5.74, 6) is -2.17. The van der Waals surface area contributed by atoms with Gasteiger partial charge in [0.25, 0.3) is 0 Å². The van der Waals surface area contributed by atoms with Gasteiger partial charge in [-0.25, -0.2) is 0 Å². The highest BCUT2D eigenvalue weighted by molar-refractivity contribution is 5.36. The zero-order chi connectivity index (χ0) is 13.6. The Morgan fingerprint density at radius 2 is 1.61 bits per heavy atom. The number of allylic oxidation sites excluding steroid dienone is 1. The molecule has 0 saturated heterocycles.